The molecule has 0 aliphatic carbocycles. The minimum absolute atomic E-state index is 0.145. The fourth-order valence-electron chi connectivity index (χ4n) is 3.46. The molecule has 1 aromatic carbocycles. The molecule has 164 valence electrons. The quantitative estimate of drug-likeness (QED) is 0.445. The maximum atomic E-state index is 13.9. The Hall–Kier alpha value is -4.47. The van der Waals surface area contributed by atoms with Crippen molar-refractivity contribution < 1.29 is 13.6 Å². The van der Waals surface area contributed by atoms with Gasteiger partial charge in [-0.15, -0.1) is 0 Å². The number of aryl methyl sites for hydroxylation is 1. The Morgan fingerprint density at radius 3 is 2.82 bits per heavy atom. The minimum atomic E-state index is -0.721. The molecule has 0 unspecified atom stereocenters. The first-order chi connectivity index (χ1) is 16.0. The van der Waals surface area contributed by atoms with Gasteiger partial charge < -0.3 is 5.32 Å². The number of nitrogens with zero attached hydrogens (tertiary/aromatic N) is 6. The van der Waals surface area contributed by atoms with Gasteiger partial charge in [0.25, 0.3) is 0 Å². The monoisotopic (exact) mass is 445 g/mol. The molecule has 5 aromatic rings. The number of hydrogen-bond acceptors (Lipinski definition) is 5. The lowest BCUT2D eigenvalue weighted by Gasteiger charge is -2.07. The molecule has 0 saturated heterocycles. The molecule has 0 aliphatic heterocycles. The van der Waals surface area contributed by atoms with Gasteiger partial charge in [0.05, 0.1) is 23.5 Å². The summed E-state index contributed by atoms with van der Waals surface area (Å²) >= 11 is 0. The van der Waals surface area contributed by atoms with Crippen LogP contribution >= 0.6 is 0 Å². The van der Waals surface area contributed by atoms with E-state index in [0.717, 1.165) is 29.5 Å². The number of aromatic nitrogens is 6. The number of amides is 1. The third kappa shape index (κ3) is 4.18. The van der Waals surface area contributed by atoms with Crippen LogP contribution in [0.1, 0.15) is 11.4 Å². The molecule has 10 heteroatoms. The summed E-state index contributed by atoms with van der Waals surface area (Å²) in [7, 11) is 0. The van der Waals surface area contributed by atoms with E-state index in [-0.39, 0.29) is 12.1 Å². The third-order valence-electron chi connectivity index (χ3n) is 4.96. The topological polar surface area (TPSA) is 90.0 Å². The molecule has 4 heterocycles. The van der Waals surface area contributed by atoms with E-state index in [1.807, 2.05) is 37.3 Å². The van der Waals surface area contributed by atoms with Crippen molar-refractivity contribution in [1.29, 1.82) is 0 Å². The summed E-state index contributed by atoms with van der Waals surface area (Å²) in [5.74, 6) is -1.32. The number of hydrogen-bond donors (Lipinski definition) is 1. The Kier molecular flexibility index (Phi) is 5.09. The zero-order valence-corrected chi connectivity index (χ0v) is 17.4. The van der Waals surface area contributed by atoms with Gasteiger partial charge in [-0.05, 0) is 49.4 Å². The average Bonchev–Trinajstić information content (AvgIpc) is 3.42. The largest absolute Gasteiger partial charge is 0.323 e. The molecule has 0 radical (unpaired) electrons. The van der Waals surface area contributed by atoms with Crippen molar-refractivity contribution in [2.24, 2.45) is 0 Å². The number of halogens is 2. The summed E-state index contributed by atoms with van der Waals surface area (Å²) in [4.78, 5) is 21.2. The molecule has 33 heavy (non-hydrogen) atoms. The summed E-state index contributed by atoms with van der Waals surface area (Å²) in [6, 6.07) is 13.9. The Labute approximate surface area is 186 Å². The number of carbonyl (C=O) groups is 1. The molecule has 0 bridgehead atoms. The highest BCUT2D eigenvalue weighted by molar-refractivity contribution is 5.92. The summed E-state index contributed by atoms with van der Waals surface area (Å²) in [6.45, 7) is 1.87. The van der Waals surface area contributed by atoms with Gasteiger partial charge in [-0.25, -0.2) is 27.9 Å². The van der Waals surface area contributed by atoms with Gasteiger partial charge >= 0.3 is 0 Å². The summed E-state index contributed by atoms with van der Waals surface area (Å²) < 4.78 is 30.6. The predicted octanol–water partition coefficient (Wildman–Crippen LogP) is 3.74. The van der Waals surface area contributed by atoms with E-state index in [1.54, 1.807) is 21.5 Å². The molecule has 5 rings (SSSR count). The number of nitrogens with one attached hydrogen (secondary N) is 1. The van der Waals surface area contributed by atoms with Crippen LogP contribution in [0, 0.1) is 18.6 Å². The van der Waals surface area contributed by atoms with Gasteiger partial charge in [0.1, 0.15) is 18.0 Å². The lowest BCUT2D eigenvalue weighted by Crippen LogP contribution is -2.16. The summed E-state index contributed by atoms with van der Waals surface area (Å²) in [6.07, 6.45) is 3.12. The second-order valence-electron chi connectivity index (χ2n) is 7.40. The fraction of sp³-hybridized carbons (Fsp3) is 0.0870. The molecule has 0 saturated carbocycles. The zero-order valence-electron chi connectivity index (χ0n) is 17.4. The van der Waals surface area contributed by atoms with E-state index in [0.29, 0.717) is 22.9 Å². The van der Waals surface area contributed by atoms with Crippen molar-refractivity contribution in [1.82, 2.24) is 29.4 Å². The van der Waals surface area contributed by atoms with E-state index in [2.05, 4.69) is 25.5 Å². The van der Waals surface area contributed by atoms with Crippen LogP contribution in [0.3, 0.4) is 0 Å². The fourth-order valence-corrected chi connectivity index (χ4v) is 3.46. The number of anilines is 1. The number of carbonyl (C=O) groups excluding carboxylic acids is 1. The number of rotatable bonds is 5. The van der Waals surface area contributed by atoms with Gasteiger partial charge in [0.2, 0.25) is 5.91 Å². The Balaban J connectivity index is 1.51. The van der Waals surface area contributed by atoms with E-state index in [4.69, 9.17) is 0 Å². The molecule has 1 amide bonds. The van der Waals surface area contributed by atoms with Crippen molar-refractivity contribution in [3.8, 4) is 17.1 Å². The van der Waals surface area contributed by atoms with Gasteiger partial charge in [-0.2, -0.15) is 10.2 Å². The molecule has 0 aliphatic rings. The van der Waals surface area contributed by atoms with E-state index >= 15 is 0 Å². The zero-order chi connectivity index (χ0) is 22.9. The van der Waals surface area contributed by atoms with Crippen LogP contribution in [0.2, 0.25) is 0 Å². The third-order valence-corrected chi connectivity index (χ3v) is 4.96. The number of fused-ring (bicyclic) bond motifs is 1. The van der Waals surface area contributed by atoms with Crippen LogP contribution in [0.5, 0.6) is 0 Å². The molecule has 4 aromatic heterocycles. The van der Waals surface area contributed by atoms with E-state index in [9.17, 15) is 13.6 Å². The Morgan fingerprint density at radius 1 is 1.09 bits per heavy atom. The van der Waals surface area contributed by atoms with Crippen molar-refractivity contribution in [3.05, 3.63) is 90.1 Å². The maximum absolute atomic E-state index is 13.9. The predicted molar refractivity (Wildman–Crippen MR) is 117 cm³/mol. The van der Waals surface area contributed by atoms with Crippen molar-refractivity contribution in [3.63, 3.8) is 0 Å². The molecular formula is C23H17F2N7O. The molecule has 0 spiro atoms. The first-order valence-corrected chi connectivity index (χ1v) is 10.0. The SMILES string of the molecule is Cc1cccc(-n2nc(CC(=O)Nc3cc(F)ccc3F)cc2-c2ccc3ncnn3c2)n1. The van der Waals surface area contributed by atoms with Gasteiger partial charge in [0.15, 0.2) is 11.5 Å². The smallest absolute Gasteiger partial charge is 0.230 e. The van der Waals surface area contributed by atoms with Gasteiger partial charge in [0, 0.05) is 23.5 Å². The van der Waals surface area contributed by atoms with Crippen LogP contribution in [0.25, 0.3) is 22.7 Å². The van der Waals surface area contributed by atoms with Crippen molar-refractivity contribution >= 4 is 17.2 Å². The Morgan fingerprint density at radius 2 is 1.97 bits per heavy atom. The first-order valence-electron chi connectivity index (χ1n) is 10.0. The molecule has 0 fully saturated rings. The molecule has 8 nitrogen and oxygen atoms in total. The van der Waals surface area contributed by atoms with E-state index in [1.165, 1.54) is 6.33 Å². The molecule has 0 atom stereocenters. The lowest BCUT2D eigenvalue weighted by atomic mass is 10.1. The molecular weight excluding hydrogens is 428 g/mol. The highest BCUT2D eigenvalue weighted by atomic mass is 19.1. The maximum Gasteiger partial charge on any atom is 0.230 e. The van der Waals surface area contributed by atoms with Crippen molar-refractivity contribution in [2.75, 3.05) is 5.32 Å². The summed E-state index contributed by atoms with van der Waals surface area (Å²) in [5.41, 5.74) is 3.17. The van der Waals surface area contributed by atoms with Crippen LogP contribution in [0.15, 0.2) is 67.1 Å². The number of benzene rings is 1. The van der Waals surface area contributed by atoms with Crippen molar-refractivity contribution in [2.45, 2.75) is 13.3 Å². The van der Waals surface area contributed by atoms with Crippen LogP contribution in [-0.4, -0.2) is 35.3 Å². The second-order valence-corrected chi connectivity index (χ2v) is 7.40. The van der Waals surface area contributed by atoms with Crippen LogP contribution in [-0.2, 0) is 11.2 Å². The first kappa shape index (κ1) is 20.4. The molecule has 1 N–H and O–H groups in total. The average molecular weight is 445 g/mol. The lowest BCUT2D eigenvalue weighted by molar-refractivity contribution is -0.115. The van der Waals surface area contributed by atoms with Crippen LogP contribution < -0.4 is 5.32 Å². The standard InChI is InChI=1S/C23H17F2N7O/c1-14-3-2-4-22(28-14)32-20(15-5-8-21-26-13-27-31(21)12-15)10-17(30-32)11-23(33)29-19-9-16(24)6-7-18(19)25/h2-10,12-13H,11H2,1H3,(H,29,33). The van der Waals surface area contributed by atoms with Crippen LogP contribution in [0.4, 0.5) is 14.5 Å². The minimum Gasteiger partial charge on any atom is -0.323 e. The Bertz CT molecular complexity index is 1490. The second kappa shape index (κ2) is 8.23. The van der Waals surface area contributed by atoms with Gasteiger partial charge in [-0.3, -0.25) is 4.79 Å². The normalized spacial score (nSPS) is 11.1. The highest BCUT2D eigenvalue weighted by Crippen LogP contribution is 2.24. The number of pyridine rings is 2. The van der Waals surface area contributed by atoms with Gasteiger partial charge in [-0.1, -0.05) is 6.07 Å². The summed E-state index contributed by atoms with van der Waals surface area (Å²) in [5, 5.41) is 11.1. The van der Waals surface area contributed by atoms with E-state index < -0.39 is 17.5 Å². The highest BCUT2D eigenvalue weighted by Gasteiger charge is 2.17.